The molecule has 110 valence electrons. The van der Waals surface area contributed by atoms with E-state index in [1.807, 2.05) is 31.2 Å². The third-order valence-corrected chi connectivity index (χ3v) is 3.79. The number of hydrogen-bond donors (Lipinski definition) is 1. The summed E-state index contributed by atoms with van der Waals surface area (Å²) in [6.07, 6.45) is 0.0843. The Morgan fingerprint density at radius 3 is 2.33 bits per heavy atom. The summed E-state index contributed by atoms with van der Waals surface area (Å²) in [5, 5.41) is 2.42. The summed E-state index contributed by atoms with van der Waals surface area (Å²) >= 11 is 0. The van der Waals surface area contributed by atoms with Crippen LogP contribution in [0.1, 0.15) is 11.1 Å². The Bertz CT molecular complexity index is 755. The van der Waals surface area contributed by atoms with Crippen LogP contribution in [0.15, 0.2) is 53.4 Å². The minimum atomic E-state index is -4.87. The molecular formula is C15H14FNO3S. The molecule has 0 aromatic heterocycles. The Morgan fingerprint density at radius 2 is 1.71 bits per heavy atom. The fourth-order valence-electron chi connectivity index (χ4n) is 1.87. The molecule has 21 heavy (non-hydrogen) atoms. The average Bonchev–Trinajstić information content (AvgIpc) is 2.41. The Kier molecular flexibility index (Phi) is 4.37. The Balaban J connectivity index is 2.15. The number of carbonyl (C=O) groups is 1. The van der Waals surface area contributed by atoms with Crippen molar-refractivity contribution in [1.29, 1.82) is 0 Å². The van der Waals surface area contributed by atoms with E-state index in [9.17, 15) is 17.1 Å². The van der Waals surface area contributed by atoms with Gasteiger partial charge in [-0.2, -0.15) is 8.42 Å². The Labute approximate surface area is 122 Å². The first kappa shape index (κ1) is 15.2. The fourth-order valence-corrected chi connectivity index (χ4v) is 2.49. The normalized spacial score (nSPS) is 11.1. The standard InChI is InChI=1S/C15H14FNO3S/c1-11-6-8-12(9-7-11)10-15(18)17-13-4-2-3-5-14(13)21(16,19)20/h2-9H,10H2,1H3,(H,17,18). The maximum Gasteiger partial charge on any atom is 0.334 e. The van der Waals surface area contributed by atoms with Crippen LogP contribution in [-0.4, -0.2) is 14.3 Å². The summed E-state index contributed by atoms with van der Waals surface area (Å²) in [6, 6.07) is 12.7. The number of carbonyl (C=O) groups excluding carboxylic acids is 1. The van der Waals surface area contributed by atoms with E-state index < -0.39 is 21.0 Å². The van der Waals surface area contributed by atoms with Gasteiger partial charge in [-0.25, -0.2) is 0 Å². The minimum absolute atomic E-state index is 0.0582. The van der Waals surface area contributed by atoms with Gasteiger partial charge in [0.25, 0.3) is 0 Å². The number of aryl methyl sites for hydroxylation is 1. The third kappa shape index (κ3) is 4.13. The second-order valence-corrected chi connectivity index (χ2v) is 5.96. The molecule has 0 aliphatic rings. The molecule has 2 aromatic carbocycles. The summed E-state index contributed by atoms with van der Waals surface area (Å²) in [4.78, 5) is 11.4. The van der Waals surface area contributed by atoms with Gasteiger partial charge in [0.05, 0.1) is 12.1 Å². The van der Waals surface area contributed by atoms with Crippen LogP contribution >= 0.6 is 0 Å². The molecular weight excluding hydrogens is 293 g/mol. The van der Waals surface area contributed by atoms with E-state index in [1.54, 1.807) is 0 Å². The molecule has 2 aromatic rings. The van der Waals surface area contributed by atoms with Gasteiger partial charge in [0, 0.05) is 0 Å². The molecule has 4 nitrogen and oxygen atoms in total. The first-order valence-electron chi connectivity index (χ1n) is 6.25. The second-order valence-electron chi connectivity index (χ2n) is 4.64. The molecule has 0 fully saturated rings. The maximum absolute atomic E-state index is 13.1. The Hall–Kier alpha value is -2.21. The van der Waals surface area contributed by atoms with Crippen molar-refractivity contribution in [3.63, 3.8) is 0 Å². The maximum atomic E-state index is 13.1. The fraction of sp³-hybridized carbons (Fsp3) is 0.133. The highest BCUT2D eigenvalue weighted by Gasteiger charge is 2.18. The van der Waals surface area contributed by atoms with Gasteiger partial charge in [-0.05, 0) is 24.6 Å². The van der Waals surface area contributed by atoms with Crippen molar-refractivity contribution in [2.24, 2.45) is 0 Å². The van der Waals surface area contributed by atoms with Gasteiger partial charge in [-0.3, -0.25) is 4.79 Å². The van der Waals surface area contributed by atoms with E-state index in [0.717, 1.165) is 17.2 Å². The molecule has 1 amide bonds. The zero-order valence-corrected chi connectivity index (χ0v) is 12.2. The van der Waals surface area contributed by atoms with Crippen molar-refractivity contribution in [2.45, 2.75) is 18.2 Å². The quantitative estimate of drug-likeness (QED) is 0.883. The molecule has 6 heteroatoms. The largest absolute Gasteiger partial charge is 0.334 e. The number of anilines is 1. The smallest absolute Gasteiger partial charge is 0.325 e. The number of halogens is 1. The summed E-state index contributed by atoms with van der Waals surface area (Å²) in [7, 11) is -4.87. The highest BCUT2D eigenvalue weighted by molar-refractivity contribution is 7.86. The van der Waals surface area contributed by atoms with Crippen LogP contribution in [0.25, 0.3) is 0 Å². The van der Waals surface area contributed by atoms with Gasteiger partial charge >= 0.3 is 10.2 Å². The summed E-state index contributed by atoms with van der Waals surface area (Å²) in [6.45, 7) is 1.94. The minimum Gasteiger partial charge on any atom is -0.325 e. The summed E-state index contributed by atoms with van der Waals surface area (Å²) in [5.41, 5.74) is 1.81. The Morgan fingerprint density at radius 1 is 1.10 bits per heavy atom. The molecule has 1 N–H and O–H groups in total. The number of nitrogens with one attached hydrogen (secondary N) is 1. The third-order valence-electron chi connectivity index (χ3n) is 2.91. The van der Waals surface area contributed by atoms with Crippen LogP contribution in [-0.2, 0) is 21.4 Å². The number of para-hydroxylation sites is 1. The van der Waals surface area contributed by atoms with Crippen molar-refractivity contribution in [3.05, 3.63) is 59.7 Å². The molecule has 0 aliphatic heterocycles. The van der Waals surface area contributed by atoms with Crippen LogP contribution in [0.4, 0.5) is 9.57 Å². The van der Waals surface area contributed by atoms with E-state index in [-0.39, 0.29) is 12.1 Å². The van der Waals surface area contributed by atoms with Crippen molar-refractivity contribution in [2.75, 3.05) is 5.32 Å². The van der Waals surface area contributed by atoms with E-state index in [4.69, 9.17) is 0 Å². The molecule has 0 bridgehead atoms. The van der Waals surface area contributed by atoms with Crippen molar-refractivity contribution >= 4 is 21.8 Å². The van der Waals surface area contributed by atoms with Gasteiger partial charge in [-0.1, -0.05) is 42.0 Å². The molecule has 0 spiro atoms. The van der Waals surface area contributed by atoms with Gasteiger partial charge in [0.15, 0.2) is 0 Å². The number of rotatable bonds is 4. The van der Waals surface area contributed by atoms with E-state index in [1.165, 1.54) is 18.2 Å². The topological polar surface area (TPSA) is 63.2 Å². The molecule has 0 saturated carbocycles. The summed E-state index contributed by atoms with van der Waals surface area (Å²) < 4.78 is 35.2. The lowest BCUT2D eigenvalue weighted by Gasteiger charge is -2.08. The van der Waals surface area contributed by atoms with E-state index in [0.29, 0.717) is 0 Å². The van der Waals surface area contributed by atoms with Crippen molar-refractivity contribution in [1.82, 2.24) is 0 Å². The highest BCUT2D eigenvalue weighted by Crippen LogP contribution is 2.22. The van der Waals surface area contributed by atoms with Crippen molar-refractivity contribution in [3.8, 4) is 0 Å². The SMILES string of the molecule is Cc1ccc(CC(=O)Nc2ccccc2S(=O)(=O)F)cc1. The predicted molar refractivity (Wildman–Crippen MR) is 78.2 cm³/mol. The monoisotopic (exact) mass is 307 g/mol. The van der Waals surface area contributed by atoms with Gasteiger partial charge < -0.3 is 5.32 Å². The number of hydrogen-bond acceptors (Lipinski definition) is 3. The highest BCUT2D eigenvalue weighted by atomic mass is 32.3. The average molecular weight is 307 g/mol. The molecule has 0 saturated heterocycles. The predicted octanol–water partition coefficient (Wildman–Crippen LogP) is 2.83. The van der Waals surface area contributed by atoms with Gasteiger partial charge in [-0.15, -0.1) is 3.89 Å². The molecule has 0 unspecified atom stereocenters. The lowest BCUT2D eigenvalue weighted by Crippen LogP contribution is -2.16. The van der Waals surface area contributed by atoms with Crippen LogP contribution < -0.4 is 5.32 Å². The summed E-state index contributed by atoms with van der Waals surface area (Å²) in [5.74, 6) is -0.407. The van der Waals surface area contributed by atoms with Crippen LogP contribution in [0.5, 0.6) is 0 Å². The molecule has 0 atom stereocenters. The molecule has 0 heterocycles. The van der Waals surface area contributed by atoms with E-state index >= 15 is 0 Å². The van der Waals surface area contributed by atoms with Gasteiger partial charge in [0.2, 0.25) is 5.91 Å². The van der Waals surface area contributed by atoms with Gasteiger partial charge in [0.1, 0.15) is 4.90 Å². The van der Waals surface area contributed by atoms with Crippen molar-refractivity contribution < 1.29 is 17.1 Å². The van der Waals surface area contributed by atoms with Crippen LogP contribution in [0.3, 0.4) is 0 Å². The number of benzene rings is 2. The second kappa shape index (κ2) is 6.05. The first-order valence-corrected chi connectivity index (χ1v) is 7.64. The first-order chi connectivity index (χ1) is 9.86. The molecule has 2 rings (SSSR count). The zero-order valence-electron chi connectivity index (χ0n) is 11.3. The molecule has 0 aliphatic carbocycles. The van der Waals surface area contributed by atoms with Crippen LogP contribution in [0, 0.1) is 6.92 Å². The zero-order chi connectivity index (χ0) is 15.5. The molecule has 0 radical (unpaired) electrons. The lowest BCUT2D eigenvalue weighted by molar-refractivity contribution is -0.115. The van der Waals surface area contributed by atoms with E-state index in [2.05, 4.69) is 5.32 Å². The number of amides is 1. The van der Waals surface area contributed by atoms with Crippen LogP contribution in [0.2, 0.25) is 0 Å². The lowest BCUT2D eigenvalue weighted by atomic mass is 10.1.